The van der Waals surface area contributed by atoms with Gasteiger partial charge in [-0.3, -0.25) is 4.79 Å². The maximum absolute atomic E-state index is 12.6. The lowest BCUT2D eigenvalue weighted by Gasteiger charge is -2.31. The van der Waals surface area contributed by atoms with Gasteiger partial charge < -0.3 is 20.9 Å². The van der Waals surface area contributed by atoms with Crippen molar-refractivity contribution in [3.05, 3.63) is 60.2 Å². The van der Waals surface area contributed by atoms with Crippen molar-refractivity contribution in [2.24, 2.45) is 0 Å². The molecule has 1 aliphatic rings. The summed E-state index contributed by atoms with van der Waals surface area (Å²) in [6, 6.07) is 16.2. The molecule has 0 unspecified atom stereocenters. The fourth-order valence-corrected chi connectivity index (χ4v) is 3.07. The van der Waals surface area contributed by atoms with Crippen LogP contribution in [0.15, 0.2) is 54.6 Å². The number of hydrogen-bond acceptors (Lipinski definition) is 3. The van der Waals surface area contributed by atoms with Crippen LogP contribution in [0.5, 0.6) is 0 Å². The van der Waals surface area contributed by atoms with E-state index in [0.717, 1.165) is 31.6 Å². The van der Waals surface area contributed by atoms with Crippen LogP contribution in [0.2, 0.25) is 0 Å². The normalized spacial score (nSPS) is 14.0. The average molecular weight is 389 g/mol. The van der Waals surface area contributed by atoms with Crippen molar-refractivity contribution in [2.75, 3.05) is 30.8 Å². The maximum atomic E-state index is 12.6. The van der Waals surface area contributed by atoms with Gasteiger partial charge in [0.15, 0.2) is 0 Å². The van der Waals surface area contributed by atoms with Gasteiger partial charge >= 0.3 is 6.03 Å². The van der Waals surface area contributed by atoms with Crippen LogP contribution in [-0.2, 0) is 0 Å². The second-order valence-corrected chi connectivity index (χ2v) is 6.42. The lowest BCUT2D eigenvalue weighted by atomic mass is 10.0. The van der Waals surface area contributed by atoms with E-state index in [2.05, 4.69) is 16.0 Å². The monoisotopic (exact) mass is 388 g/mol. The van der Waals surface area contributed by atoms with E-state index in [1.165, 1.54) is 0 Å². The summed E-state index contributed by atoms with van der Waals surface area (Å²) in [5.41, 5.74) is 1.99. The van der Waals surface area contributed by atoms with Gasteiger partial charge in [-0.15, -0.1) is 12.4 Å². The summed E-state index contributed by atoms with van der Waals surface area (Å²) in [6.45, 7) is 1.89. The van der Waals surface area contributed by atoms with Crippen molar-refractivity contribution in [3.63, 3.8) is 0 Å². The molecule has 2 aromatic rings. The minimum Gasteiger partial charge on any atom is -0.339 e. The van der Waals surface area contributed by atoms with E-state index in [1.807, 2.05) is 42.3 Å². The van der Waals surface area contributed by atoms with E-state index >= 15 is 0 Å². The topological polar surface area (TPSA) is 73.5 Å². The van der Waals surface area contributed by atoms with E-state index < -0.39 is 0 Å². The number of anilines is 2. The van der Waals surface area contributed by atoms with E-state index in [0.29, 0.717) is 11.3 Å². The average Bonchev–Trinajstić information content (AvgIpc) is 2.69. The van der Waals surface area contributed by atoms with E-state index in [-0.39, 0.29) is 30.4 Å². The highest BCUT2D eigenvalue weighted by Gasteiger charge is 2.22. The van der Waals surface area contributed by atoms with Crippen molar-refractivity contribution >= 4 is 35.7 Å². The van der Waals surface area contributed by atoms with Crippen molar-refractivity contribution in [2.45, 2.75) is 18.9 Å². The third-order valence-corrected chi connectivity index (χ3v) is 4.60. The van der Waals surface area contributed by atoms with Crippen LogP contribution in [0.4, 0.5) is 16.2 Å². The predicted molar refractivity (Wildman–Crippen MR) is 111 cm³/mol. The number of nitrogens with one attached hydrogen (secondary N) is 3. The zero-order valence-electron chi connectivity index (χ0n) is 15.3. The maximum Gasteiger partial charge on any atom is 0.323 e. The number of nitrogens with zero attached hydrogens (tertiary/aromatic N) is 1. The molecule has 1 fully saturated rings. The Morgan fingerprint density at radius 3 is 2.07 bits per heavy atom. The first-order valence-electron chi connectivity index (χ1n) is 8.84. The Hall–Kier alpha value is -2.57. The van der Waals surface area contributed by atoms with Crippen LogP contribution in [-0.4, -0.2) is 43.0 Å². The molecule has 3 N–H and O–H groups in total. The van der Waals surface area contributed by atoms with Crippen LogP contribution < -0.4 is 16.0 Å². The smallest absolute Gasteiger partial charge is 0.323 e. The highest BCUT2D eigenvalue weighted by atomic mass is 35.5. The second-order valence-electron chi connectivity index (χ2n) is 6.42. The third kappa shape index (κ3) is 5.70. The molecule has 1 aliphatic heterocycles. The zero-order valence-corrected chi connectivity index (χ0v) is 16.1. The molecule has 6 nitrogen and oxygen atoms in total. The molecular weight excluding hydrogens is 364 g/mol. The molecule has 7 heteroatoms. The fraction of sp³-hybridized carbons (Fsp3) is 0.300. The molecule has 3 rings (SSSR count). The Labute approximate surface area is 165 Å². The van der Waals surface area contributed by atoms with Crippen LogP contribution in [0.1, 0.15) is 23.2 Å². The molecular formula is C20H25ClN4O2. The van der Waals surface area contributed by atoms with Crippen LogP contribution in [0, 0.1) is 0 Å². The van der Waals surface area contributed by atoms with Crippen LogP contribution in [0.3, 0.4) is 0 Å². The van der Waals surface area contributed by atoms with Crippen LogP contribution >= 0.6 is 12.4 Å². The van der Waals surface area contributed by atoms with Gasteiger partial charge in [0, 0.05) is 30.0 Å². The van der Waals surface area contributed by atoms with Gasteiger partial charge in [-0.05, 0) is 62.3 Å². The number of halogens is 1. The van der Waals surface area contributed by atoms with Gasteiger partial charge in [0.1, 0.15) is 0 Å². The number of piperidine rings is 1. The number of benzene rings is 2. The predicted octanol–water partition coefficient (Wildman–Crippen LogP) is 3.58. The summed E-state index contributed by atoms with van der Waals surface area (Å²) < 4.78 is 0. The van der Waals surface area contributed by atoms with E-state index in [1.54, 1.807) is 24.3 Å². The van der Waals surface area contributed by atoms with E-state index in [4.69, 9.17) is 0 Å². The van der Waals surface area contributed by atoms with Crippen molar-refractivity contribution in [3.8, 4) is 0 Å². The first-order chi connectivity index (χ1) is 12.6. The molecule has 1 heterocycles. The Morgan fingerprint density at radius 1 is 0.926 bits per heavy atom. The minimum absolute atomic E-state index is 0. The largest absolute Gasteiger partial charge is 0.339 e. The first kappa shape index (κ1) is 20.7. The van der Waals surface area contributed by atoms with E-state index in [9.17, 15) is 9.59 Å². The lowest BCUT2D eigenvalue weighted by Crippen LogP contribution is -2.43. The fourth-order valence-electron chi connectivity index (χ4n) is 3.07. The summed E-state index contributed by atoms with van der Waals surface area (Å²) >= 11 is 0. The standard InChI is InChI=1S/C20H24N4O2.ClH/c1-24(18-11-13-21-14-12-18)19(25)15-7-9-17(10-8-15)23-20(26)22-16-5-3-2-4-6-16;/h2-10,18,21H,11-14H2,1H3,(H2,22,23,26);1H. The summed E-state index contributed by atoms with van der Waals surface area (Å²) in [5, 5.41) is 8.83. The van der Waals surface area contributed by atoms with Gasteiger partial charge in [-0.2, -0.15) is 0 Å². The lowest BCUT2D eigenvalue weighted by molar-refractivity contribution is 0.0703. The highest BCUT2D eigenvalue weighted by Crippen LogP contribution is 2.16. The van der Waals surface area contributed by atoms with Gasteiger partial charge in [0.2, 0.25) is 0 Å². The minimum atomic E-state index is -0.317. The molecule has 0 aliphatic carbocycles. The molecule has 0 radical (unpaired) electrons. The summed E-state index contributed by atoms with van der Waals surface area (Å²) in [6.07, 6.45) is 1.95. The number of rotatable bonds is 4. The number of carbonyl (C=O) groups excluding carboxylic acids is 2. The second kappa shape index (κ2) is 9.94. The van der Waals surface area contributed by atoms with Crippen molar-refractivity contribution < 1.29 is 9.59 Å². The molecule has 27 heavy (non-hydrogen) atoms. The molecule has 0 saturated carbocycles. The molecule has 1 saturated heterocycles. The third-order valence-electron chi connectivity index (χ3n) is 4.60. The Balaban J connectivity index is 0.00000261. The molecule has 2 aromatic carbocycles. The van der Waals surface area contributed by atoms with Gasteiger partial charge in [-0.1, -0.05) is 18.2 Å². The highest BCUT2D eigenvalue weighted by molar-refractivity contribution is 6.00. The first-order valence-corrected chi connectivity index (χ1v) is 8.84. The quantitative estimate of drug-likeness (QED) is 0.749. The number of hydrogen-bond donors (Lipinski definition) is 3. The molecule has 3 amide bonds. The SMILES string of the molecule is CN(C(=O)c1ccc(NC(=O)Nc2ccccc2)cc1)C1CCNCC1.Cl. The van der Waals surface area contributed by atoms with Crippen molar-refractivity contribution in [1.29, 1.82) is 0 Å². The van der Waals surface area contributed by atoms with Crippen molar-refractivity contribution in [1.82, 2.24) is 10.2 Å². The molecule has 0 atom stereocenters. The molecule has 0 bridgehead atoms. The summed E-state index contributed by atoms with van der Waals surface area (Å²) in [5.74, 6) is 0.0113. The van der Waals surface area contributed by atoms with Crippen LogP contribution in [0.25, 0.3) is 0 Å². The van der Waals surface area contributed by atoms with Gasteiger partial charge in [-0.25, -0.2) is 4.79 Å². The molecule has 144 valence electrons. The number of para-hydroxylation sites is 1. The summed E-state index contributed by atoms with van der Waals surface area (Å²) in [4.78, 5) is 26.5. The summed E-state index contributed by atoms with van der Waals surface area (Å²) in [7, 11) is 1.86. The number of carbonyl (C=O) groups is 2. The van der Waals surface area contributed by atoms with Gasteiger partial charge in [0.25, 0.3) is 5.91 Å². The zero-order chi connectivity index (χ0) is 18.4. The number of urea groups is 1. The number of amides is 3. The molecule has 0 aromatic heterocycles. The Kier molecular flexibility index (Phi) is 7.64. The van der Waals surface area contributed by atoms with Gasteiger partial charge in [0.05, 0.1) is 0 Å². The Bertz CT molecular complexity index is 746. The molecule has 0 spiro atoms. The Morgan fingerprint density at radius 2 is 1.48 bits per heavy atom.